The van der Waals surface area contributed by atoms with Crippen LogP contribution in [0.3, 0.4) is 0 Å². The minimum atomic E-state index is -0.479. The monoisotopic (exact) mass is 496 g/mol. The average Bonchev–Trinajstić information content (AvgIpc) is 3.42. The van der Waals surface area contributed by atoms with Crippen molar-refractivity contribution in [3.63, 3.8) is 0 Å². The number of aromatic nitrogens is 2. The molecule has 0 spiro atoms. The number of amides is 1. The average molecular weight is 497 g/mol. The number of nitrogens with one attached hydrogen (secondary N) is 2. The van der Waals surface area contributed by atoms with Gasteiger partial charge in [-0.15, -0.1) is 0 Å². The Bertz CT molecular complexity index is 1300. The second kappa shape index (κ2) is 11.5. The van der Waals surface area contributed by atoms with Gasteiger partial charge < -0.3 is 15.7 Å². The molecule has 0 unspecified atom stereocenters. The summed E-state index contributed by atoms with van der Waals surface area (Å²) in [6.07, 6.45) is 3.71. The van der Waals surface area contributed by atoms with Gasteiger partial charge in [0, 0.05) is 24.0 Å². The van der Waals surface area contributed by atoms with E-state index in [0.717, 1.165) is 22.4 Å². The highest BCUT2D eigenvalue weighted by Crippen LogP contribution is 2.25. The third kappa shape index (κ3) is 6.53. The van der Waals surface area contributed by atoms with Crippen LogP contribution in [0.5, 0.6) is 0 Å². The zero-order chi connectivity index (χ0) is 26.4. The van der Waals surface area contributed by atoms with Gasteiger partial charge in [0.05, 0.1) is 18.3 Å². The SMILES string of the molecule is Cc1ccc([C@H](C)CN[C@H](C(=O)Nc2ccc(-c3cnn(C(C)(C)CO)c3)cc2)c2ccccc2)cc1. The fourth-order valence-corrected chi connectivity index (χ4v) is 4.15. The minimum absolute atomic E-state index is 0.000493. The number of nitrogens with zero attached hydrogens (tertiary/aromatic N) is 2. The summed E-state index contributed by atoms with van der Waals surface area (Å²) in [7, 11) is 0. The molecular formula is C31H36N4O2. The van der Waals surface area contributed by atoms with Gasteiger partial charge in [0.15, 0.2) is 0 Å². The Morgan fingerprint density at radius 2 is 1.62 bits per heavy atom. The lowest BCUT2D eigenvalue weighted by atomic mass is 9.98. The van der Waals surface area contributed by atoms with E-state index in [1.807, 2.05) is 74.6 Å². The lowest BCUT2D eigenvalue weighted by molar-refractivity contribution is -0.118. The summed E-state index contributed by atoms with van der Waals surface area (Å²) >= 11 is 0. The summed E-state index contributed by atoms with van der Waals surface area (Å²) in [5, 5.41) is 20.6. The summed E-state index contributed by atoms with van der Waals surface area (Å²) in [6.45, 7) is 8.78. The molecule has 0 bridgehead atoms. The predicted octanol–water partition coefficient (Wildman–Crippen LogP) is 5.66. The molecule has 3 N–H and O–H groups in total. The first-order valence-corrected chi connectivity index (χ1v) is 12.7. The molecule has 6 nitrogen and oxygen atoms in total. The second-order valence-corrected chi connectivity index (χ2v) is 10.3. The lowest BCUT2D eigenvalue weighted by Gasteiger charge is -2.22. The molecule has 2 atom stereocenters. The molecule has 1 heterocycles. The molecule has 3 aromatic carbocycles. The Morgan fingerprint density at radius 3 is 2.27 bits per heavy atom. The molecule has 1 aromatic heterocycles. The van der Waals surface area contributed by atoms with Gasteiger partial charge in [-0.3, -0.25) is 9.48 Å². The standard InChI is InChI=1S/C31H36N4O2/c1-22-10-12-24(13-11-22)23(2)18-32-29(26-8-6-5-7-9-26)30(37)34-28-16-14-25(15-17-28)27-19-33-35(20-27)31(3,4)21-36/h5-17,19-20,23,29,32,36H,18,21H2,1-4H3,(H,34,37)/t23-,29+/m1/s1. The normalized spacial score (nSPS) is 13.2. The van der Waals surface area contributed by atoms with Gasteiger partial charge >= 0.3 is 0 Å². The number of aliphatic hydroxyl groups excluding tert-OH is 1. The van der Waals surface area contributed by atoms with Crippen LogP contribution in [0.15, 0.2) is 91.3 Å². The van der Waals surface area contributed by atoms with Crippen LogP contribution in [0.25, 0.3) is 11.1 Å². The highest BCUT2D eigenvalue weighted by Gasteiger charge is 2.22. The molecule has 4 rings (SSSR count). The van der Waals surface area contributed by atoms with Crippen molar-refractivity contribution in [2.45, 2.75) is 45.2 Å². The van der Waals surface area contributed by atoms with Crippen molar-refractivity contribution in [3.05, 3.63) is 108 Å². The first-order valence-electron chi connectivity index (χ1n) is 12.7. The van der Waals surface area contributed by atoms with E-state index in [9.17, 15) is 9.90 Å². The smallest absolute Gasteiger partial charge is 0.246 e. The van der Waals surface area contributed by atoms with Crippen LogP contribution in [0, 0.1) is 6.92 Å². The predicted molar refractivity (Wildman–Crippen MR) is 149 cm³/mol. The molecule has 0 saturated heterocycles. The van der Waals surface area contributed by atoms with E-state index >= 15 is 0 Å². The van der Waals surface area contributed by atoms with Crippen molar-refractivity contribution in [2.75, 3.05) is 18.5 Å². The Hall–Kier alpha value is -3.74. The van der Waals surface area contributed by atoms with Crippen LogP contribution in [0.2, 0.25) is 0 Å². The molecule has 0 aliphatic heterocycles. The molecule has 6 heteroatoms. The van der Waals surface area contributed by atoms with Gasteiger partial charge in [0.1, 0.15) is 6.04 Å². The topological polar surface area (TPSA) is 79.2 Å². The highest BCUT2D eigenvalue weighted by molar-refractivity contribution is 5.95. The molecular weight excluding hydrogens is 460 g/mol. The van der Waals surface area contributed by atoms with E-state index in [1.165, 1.54) is 11.1 Å². The maximum absolute atomic E-state index is 13.4. The third-order valence-electron chi connectivity index (χ3n) is 6.75. The van der Waals surface area contributed by atoms with Crippen LogP contribution in [0.1, 0.15) is 49.4 Å². The van der Waals surface area contributed by atoms with E-state index in [1.54, 1.807) is 10.9 Å². The van der Waals surface area contributed by atoms with E-state index in [0.29, 0.717) is 6.54 Å². The second-order valence-electron chi connectivity index (χ2n) is 10.3. The molecule has 4 aromatic rings. The minimum Gasteiger partial charge on any atom is -0.394 e. The number of carbonyl (C=O) groups excluding carboxylic acids is 1. The van der Waals surface area contributed by atoms with Crippen molar-refractivity contribution < 1.29 is 9.90 Å². The Morgan fingerprint density at radius 1 is 0.946 bits per heavy atom. The Kier molecular flexibility index (Phi) is 8.21. The Balaban J connectivity index is 1.45. The third-order valence-corrected chi connectivity index (χ3v) is 6.75. The first-order chi connectivity index (χ1) is 17.8. The largest absolute Gasteiger partial charge is 0.394 e. The number of hydrogen-bond acceptors (Lipinski definition) is 4. The number of rotatable bonds is 10. The maximum Gasteiger partial charge on any atom is 0.246 e. The van der Waals surface area contributed by atoms with Crippen LogP contribution in [0.4, 0.5) is 5.69 Å². The molecule has 0 radical (unpaired) electrons. The van der Waals surface area contributed by atoms with Crippen molar-refractivity contribution >= 4 is 11.6 Å². The zero-order valence-corrected chi connectivity index (χ0v) is 22.0. The van der Waals surface area contributed by atoms with Crippen molar-refractivity contribution in [1.29, 1.82) is 0 Å². The van der Waals surface area contributed by atoms with E-state index in [-0.39, 0.29) is 18.4 Å². The van der Waals surface area contributed by atoms with Crippen LogP contribution >= 0.6 is 0 Å². The quantitative estimate of drug-likeness (QED) is 0.265. The molecule has 0 saturated carbocycles. The summed E-state index contributed by atoms with van der Waals surface area (Å²) < 4.78 is 1.77. The van der Waals surface area contributed by atoms with Gasteiger partial charge in [-0.25, -0.2) is 0 Å². The zero-order valence-electron chi connectivity index (χ0n) is 22.0. The first kappa shape index (κ1) is 26.3. The van der Waals surface area contributed by atoms with E-state index in [2.05, 4.69) is 53.8 Å². The lowest BCUT2D eigenvalue weighted by Crippen LogP contribution is -2.35. The summed E-state index contributed by atoms with van der Waals surface area (Å²) in [4.78, 5) is 13.4. The number of carbonyl (C=O) groups is 1. The van der Waals surface area contributed by atoms with Crippen molar-refractivity contribution in [3.8, 4) is 11.1 Å². The van der Waals surface area contributed by atoms with Gasteiger partial charge in [0.2, 0.25) is 5.91 Å². The number of aryl methyl sites for hydroxylation is 1. The molecule has 0 aliphatic rings. The highest BCUT2D eigenvalue weighted by atomic mass is 16.3. The van der Waals surface area contributed by atoms with Crippen molar-refractivity contribution in [1.82, 2.24) is 15.1 Å². The number of anilines is 1. The number of aliphatic hydroxyl groups is 1. The van der Waals surface area contributed by atoms with E-state index < -0.39 is 11.6 Å². The summed E-state index contributed by atoms with van der Waals surface area (Å²) in [5.74, 6) is 0.156. The molecule has 1 amide bonds. The summed E-state index contributed by atoms with van der Waals surface area (Å²) in [5.41, 5.74) is 5.60. The fourth-order valence-electron chi connectivity index (χ4n) is 4.15. The molecule has 0 aliphatic carbocycles. The van der Waals surface area contributed by atoms with Gasteiger partial charge in [-0.05, 0) is 55.5 Å². The van der Waals surface area contributed by atoms with Crippen LogP contribution in [-0.2, 0) is 10.3 Å². The van der Waals surface area contributed by atoms with Crippen LogP contribution in [-0.4, -0.2) is 33.9 Å². The molecule has 0 fully saturated rings. The maximum atomic E-state index is 13.4. The summed E-state index contributed by atoms with van der Waals surface area (Å²) in [6, 6.07) is 25.6. The van der Waals surface area contributed by atoms with Gasteiger partial charge in [-0.2, -0.15) is 5.10 Å². The van der Waals surface area contributed by atoms with Crippen molar-refractivity contribution in [2.24, 2.45) is 0 Å². The van der Waals surface area contributed by atoms with Gasteiger partial charge in [-0.1, -0.05) is 79.2 Å². The van der Waals surface area contributed by atoms with Crippen LogP contribution < -0.4 is 10.6 Å². The fraction of sp³-hybridized carbons (Fsp3) is 0.290. The molecule has 37 heavy (non-hydrogen) atoms. The number of hydrogen-bond donors (Lipinski definition) is 3. The Labute approximate surface area is 219 Å². The number of benzene rings is 3. The molecule has 192 valence electrons. The van der Waals surface area contributed by atoms with Gasteiger partial charge in [0.25, 0.3) is 0 Å². The van der Waals surface area contributed by atoms with E-state index in [4.69, 9.17) is 0 Å².